The molecule has 2 heterocycles. The van der Waals surface area contributed by atoms with Crippen molar-refractivity contribution in [2.45, 2.75) is 105 Å². The lowest BCUT2D eigenvalue weighted by Gasteiger charge is -2.40. The van der Waals surface area contributed by atoms with Gasteiger partial charge in [-0.1, -0.05) is 102 Å². The standard InChI is InChI=1S/2C25H30N2O2/c2*1-17-12-20(16-25(2,3)15-17)27-22-11-10-19(24(28)29-4)14-21(22)26-23(27)13-18-8-6-5-7-9-18/h2*5-11,14,17,20H,12-13,15-16H2,1-4H3/t2*17-,20+/m10/s1. The van der Waals surface area contributed by atoms with Gasteiger partial charge in [-0.15, -0.1) is 0 Å². The van der Waals surface area contributed by atoms with Crippen LogP contribution in [0.1, 0.15) is 136 Å². The molecular formula is C50H60N4O4. The smallest absolute Gasteiger partial charge is 0.337 e. The second-order valence-corrected chi connectivity index (χ2v) is 18.6. The van der Waals surface area contributed by atoms with Gasteiger partial charge in [-0.2, -0.15) is 0 Å². The van der Waals surface area contributed by atoms with E-state index in [0.29, 0.717) is 45.9 Å². The number of ether oxygens (including phenoxy) is 2. The summed E-state index contributed by atoms with van der Waals surface area (Å²) in [6.45, 7) is 14.2. The molecule has 4 atom stereocenters. The molecule has 8 nitrogen and oxygen atoms in total. The van der Waals surface area contributed by atoms with Gasteiger partial charge in [0.1, 0.15) is 11.6 Å². The maximum absolute atomic E-state index is 12.0. The first-order chi connectivity index (χ1) is 27.7. The zero-order valence-corrected chi connectivity index (χ0v) is 35.6. The van der Waals surface area contributed by atoms with E-state index in [0.717, 1.165) is 72.2 Å². The highest BCUT2D eigenvalue weighted by atomic mass is 16.5. The Bertz CT molecular complexity index is 2210. The van der Waals surface area contributed by atoms with E-state index < -0.39 is 0 Å². The molecule has 2 aliphatic rings. The molecule has 0 saturated heterocycles. The van der Waals surface area contributed by atoms with Crippen molar-refractivity contribution in [2.75, 3.05) is 14.2 Å². The van der Waals surface area contributed by atoms with E-state index in [-0.39, 0.29) is 11.9 Å². The lowest BCUT2D eigenvalue weighted by Crippen LogP contribution is -2.30. The van der Waals surface area contributed by atoms with Gasteiger partial charge in [0.2, 0.25) is 0 Å². The summed E-state index contributed by atoms with van der Waals surface area (Å²) in [4.78, 5) is 34.0. The summed E-state index contributed by atoms with van der Waals surface area (Å²) in [5, 5.41) is 0. The molecule has 304 valence electrons. The molecule has 0 radical (unpaired) electrons. The van der Waals surface area contributed by atoms with Crippen molar-refractivity contribution in [1.29, 1.82) is 0 Å². The molecule has 0 spiro atoms. The minimum atomic E-state index is -0.321. The second-order valence-electron chi connectivity index (χ2n) is 18.6. The van der Waals surface area contributed by atoms with Crippen molar-refractivity contribution < 1.29 is 19.1 Å². The van der Waals surface area contributed by atoms with Gasteiger partial charge in [-0.3, -0.25) is 0 Å². The number of fused-ring (bicyclic) bond motifs is 2. The Morgan fingerprint density at radius 3 is 1.31 bits per heavy atom. The van der Waals surface area contributed by atoms with Gasteiger partial charge in [0.05, 0.1) is 47.4 Å². The van der Waals surface area contributed by atoms with Crippen molar-refractivity contribution in [3.63, 3.8) is 0 Å². The molecule has 2 fully saturated rings. The summed E-state index contributed by atoms with van der Waals surface area (Å²) < 4.78 is 14.7. The van der Waals surface area contributed by atoms with E-state index >= 15 is 0 Å². The first-order valence-corrected chi connectivity index (χ1v) is 21.0. The SMILES string of the molecule is COC(=O)c1ccc2c(c1)nc(Cc1ccccc1)n2[C@@H]1C[C@H](C)CC(C)(C)C1.COC(=O)c1ccc2c(c1)nc(Cc1ccccc1)n2[C@H]1C[C@@H](C)CC(C)(C)C1. The van der Waals surface area contributed by atoms with E-state index in [1.807, 2.05) is 48.5 Å². The van der Waals surface area contributed by atoms with E-state index in [4.69, 9.17) is 19.4 Å². The number of hydrogen-bond acceptors (Lipinski definition) is 6. The number of esters is 2. The summed E-state index contributed by atoms with van der Waals surface area (Å²) in [6, 6.07) is 33.3. The highest BCUT2D eigenvalue weighted by Crippen LogP contribution is 2.47. The van der Waals surface area contributed by atoms with Crippen LogP contribution in [-0.2, 0) is 22.3 Å². The first kappa shape index (κ1) is 40.9. The zero-order chi connectivity index (χ0) is 41.2. The van der Waals surface area contributed by atoms with Crippen LogP contribution in [-0.4, -0.2) is 45.3 Å². The van der Waals surface area contributed by atoms with Crippen LogP contribution in [0.3, 0.4) is 0 Å². The topological polar surface area (TPSA) is 88.2 Å². The van der Waals surface area contributed by atoms with Crippen molar-refractivity contribution in [3.05, 3.63) is 131 Å². The average Bonchev–Trinajstić information content (AvgIpc) is 3.73. The average molecular weight is 781 g/mol. The van der Waals surface area contributed by atoms with Gasteiger partial charge in [-0.25, -0.2) is 19.6 Å². The molecule has 0 amide bonds. The van der Waals surface area contributed by atoms with Crippen LogP contribution >= 0.6 is 0 Å². The largest absolute Gasteiger partial charge is 0.465 e. The molecule has 4 aromatic carbocycles. The fourth-order valence-electron chi connectivity index (χ4n) is 10.4. The molecule has 0 N–H and O–H groups in total. The molecule has 2 aromatic heterocycles. The van der Waals surface area contributed by atoms with Crippen LogP contribution < -0.4 is 0 Å². The number of hydrogen-bond donors (Lipinski definition) is 0. The molecule has 8 rings (SSSR count). The lowest BCUT2D eigenvalue weighted by molar-refractivity contribution is 0.0592. The monoisotopic (exact) mass is 780 g/mol. The summed E-state index contributed by atoms with van der Waals surface area (Å²) in [7, 11) is 2.83. The van der Waals surface area contributed by atoms with Gasteiger partial charge in [-0.05, 0) is 109 Å². The fraction of sp³-hybridized carbons (Fsp3) is 0.440. The Labute approximate surface area is 344 Å². The summed E-state index contributed by atoms with van der Waals surface area (Å²) >= 11 is 0. The van der Waals surface area contributed by atoms with Crippen LogP contribution in [0.15, 0.2) is 97.1 Å². The molecule has 2 saturated carbocycles. The van der Waals surface area contributed by atoms with E-state index in [2.05, 4.69) is 99.2 Å². The number of aromatic nitrogens is 4. The summed E-state index contributed by atoms with van der Waals surface area (Å²) in [6.07, 6.45) is 8.70. The quantitative estimate of drug-likeness (QED) is 0.143. The number of methoxy groups -OCH3 is 2. The predicted molar refractivity (Wildman–Crippen MR) is 232 cm³/mol. The molecule has 0 bridgehead atoms. The van der Waals surface area contributed by atoms with E-state index in [1.165, 1.54) is 38.2 Å². The van der Waals surface area contributed by atoms with Gasteiger partial charge < -0.3 is 18.6 Å². The predicted octanol–water partition coefficient (Wildman–Crippen LogP) is 11.6. The minimum absolute atomic E-state index is 0.314. The Balaban J connectivity index is 0.000000177. The number of carbonyl (C=O) groups excluding carboxylic acids is 2. The number of benzene rings is 4. The third kappa shape index (κ3) is 9.22. The number of carbonyl (C=O) groups is 2. The van der Waals surface area contributed by atoms with Crippen LogP contribution in [0.25, 0.3) is 22.1 Å². The van der Waals surface area contributed by atoms with Gasteiger partial charge >= 0.3 is 11.9 Å². The van der Waals surface area contributed by atoms with Gasteiger partial charge in [0, 0.05) is 24.9 Å². The molecule has 8 heteroatoms. The summed E-state index contributed by atoms with van der Waals surface area (Å²) in [5.74, 6) is 2.86. The van der Waals surface area contributed by atoms with Crippen molar-refractivity contribution in [1.82, 2.24) is 19.1 Å². The minimum Gasteiger partial charge on any atom is -0.465 e. The number of imidazole rings is 2. The maximum atomic E-state index is 12.0. The van der Waals surface area contributed by atoms with Gasteiger partial charge in [0.25, 0.3) is 0 Å². The van der Waals surface area contributed by atoms with E-state index in [9.17, 15) is 9.59 Å². The van der Waals surface area contributed by atoms with Crippen molar-refractivity contribution >= 4 is 34.0 Å². The van der Waals surface area contributed by atoms with E-state index in [1.54, 1.807) is 0 Å². The Hall–Kier alpha value is -5.24. The Morgan fingerprint density at radius 1 is 0.586 bits per heavy atom. The third-order valence-corrected chi connectivity index (χ3v) is 12.2. The normalized spacial score (nSPS) is 21.2. The summed E-state index contributed by atoms with van der Waals surface area (Å²) in [5.41, 5.74) is 8.19. The zero-order valence-electron chi connectivity index (χ0n) is 35.6. The molecular weight excluding hydrogens is 721 g/mol. The Kier molecular flexibility index (Phi) is 11.9. The number of nitrogens with zero attached hydrogens (tertiary/aromatic N) is 4. The lowest BCUT2D eigenvalue weighted by atomic mass is 9.70. The molecule has 6 aromatic rings. The third-order valence-electron chi connectivity index (χ3n) is 12.2. The highest BCUT2D eigenvalue weighted by Gasteiger charge is 2.36. The van der Waals surface area contributed by atoms with Crippen LogP contribution in [0.4, 0.5) is 0 Å². The molecule has 2 aliphatic carbocycles. The van der Waals surface area contributed by atoms with Crippen LogP contribution in [0.2, 0.25) is 0 Å². The second kappa shape index (κ2) is 16.9. The number of rotatable bonds is 8. The molecule has 0 aliphatic heterocycles. The van der Waals surface area contributed by atoms with Crippen molar-refractivity contribution in [2.24, 2.45) is 22.7 Å². The Morgan fingerprint density at radius 2 is 0.966 bits per heavy atom. The first-order valence-electron chi connectivity index (χ1n) is 21.0. The molecule has 0 unspecified atom stereocenters. The van der Waals surface area contributed by atoms with Crippen LogP contribution in [0, 0.1) is 22.7 Å². The maximum Gasteiger partial charge on any atom is 0.337 e. The molecule has 58 heavy (non-hydrogen) atoms. The fourth-order valence-corrected chi connectivity index (χ4v) is 10.4. The van der Waals surface area contributed by atoms with Crippen molar-refractivity contribution in [3.8, 4) is 0 Å². The van der Waals surface area contributed by atoms with Gasteiger partial charge in [0.15, 0.2) is 0 Å². The van der Waals surface area contributed by atoms with Crippen LogP contribution in [0.5, 0.6) is 0 Å². The highest BCUT2D eigenvalue weighted by molar-refractivity contribution is 5.94.